The number of nitrogens with one attached hydrogen (secondary N) is 1. The predicted molar refractivity (Wildman–Crippen MR) is 106 cm³/mol. The van der Waals surface area contributed by atoms with Crippen molar-refractivity contribution in [3.8, 4) is 0 Å². The van der Waals surface area contributed by atoms with Crippen LogP contribution in [0.3, 0.4) is 0 Å². The largest absolute Gasteiger partial charge is 0.378 e. The highest BCUT2D eigenvalue weighted by Crippen LogP contribution is 2.26. The third-order valence-electron chi connectivity index (χ3n) is 4.30. The molecule has 2 aromatic rings. The maximum atomic E-state index is 12.8. The minimum Gasteiger partial charge on any atom is -0.378 e. The number of rotatable bonds is 4. The van der Waals surface area contributed by atoms with E-state index in [1.165, 1.54) is 0 Å². The van der Waals surface area contributed by atoms with Gasteiger partial charge >= 0.3 is 0 Å². The van der Waals surface area contributed by atoms with Crippen molar-refractivity contribution in [3.63, 3.8) is 0 Å². The maximum Gasteiger partial charge on any atom is 0.277 e. The lowest BCUT2D eigenvalue weighted by atomic mass is 10.1. The normalized spacial score (nSPS) is 16.9. The maximum absolute atomic E-state index is 12.8. The highest BCUT2D eigenvalue weighted by molar-refractivity contribution is 7.80. The zero-order chi connectivity index (χ0) is 18.0. The molecule has 0 bridgehead atoms. The predicted octanol–water partition coefficient (Wildman–Crippen LogP) is 3.57. The third-order valence-corrected chi connectivity index (χ3v) is 4.60. The fraction of sp³-hybridized carbons (Fsp3) is 0.200. The summed E-state index contributed by atoms with van der Waals surface area (Å²) < 4.78 is 0. The van der Waals surface area contributed by atoms with Crippen LogP contribution in [0.1, 0.15) is 24.1 Å². The van der Waals surface area contributed by atoms with E-state index in [1.807, 2.05) is 86.6 Å². The minimum absolute atomic E-state index is 0.0990. The first-order valence-corrected chi connectivity index (χ1v) is 8.57. The first kappa shape index (κ1) is 17.2. The summed E-state index contributed by atoms with van der Waals surface area (Å²) in [5, 5.41) is 3.49. The summed E-state index contributed by atoms with van der Waals surface area (Å²) in [6, 6.07) is 17.8. The minimum atomic E-state index is -0.115. The molecule has 1 amide bonds. The topological polar surface area (TPSA) is 35.6 Å². The van der Waals surface area contributed by atoms with Crippen LogP contribution in [0.2, 0.25) is 0 Å². The van der Waals surface area contributed by atoms with Gasteiger partial charge in [-0.25, -0.2) is 0 Å². The fourth-order valence-corrected chi connectivity index (χ4v) is 3.17. The molecule has 1 atom stereocenters. The summed E-state index contributed by atoms with van der Waals surface area (Å²) in [6.07, 6.45) is 1.84. The van der Waals surface area contributed by atoms with Gasteiger partial charge in [-0.2, -0.15) is 0 Å². The van der Waals surface area contributed by atoms with Crippen LogP contribution in [-0.4, -0.2) is 30.0 Å². The standard InChI is InChI=1S/C20H21N3OS/c1-14(16-7-5-4-6-8-16)23-19(24)18(21-20(23)25)13-15-9-11-17(12-10-15)22(2)3/h4-14H,1-3H3,(H,21,25)/b18-13-. The van der Waals surface area contributed by atoms with Gasteiger partial charge in [-0.05, 0) is 48.5 Å². The molecule has 25 heavy (non-hydrogen) atoms. The number of carbonyl (C=O) groups excluding carboxylic acids is 1. The number of thiocarbonyl (C=S) groups is 1. The second kappa shape index (κ2) is 7.07. The Balaban J connectivity index is 1.83. The quantitative estimate of drug-likeness (QED) is 0.675. The number of anilines is 1. The number of carbonyl (C=O) groups is 1. The average molecular weight is 351 g/mol. The Morgan fingerprint density at radius 1 is 1.08 bits per heavy atom. The van der Waals surface area contributed by atoms with Gasteiger partial charge in [-0.15, -0.1) is 0 Å². The molecule has 0 aromatic heterocycles. The van der Waals surface area contributed by atoms with Crippen LogP contribution in [0.25, 0.3) is 6.08 Å². The van der Waals surface area contributed by atoms with Crippen LogP contribution >= 0.6 is 12.2 Å². The average Bonchev–Trinajstić information content (AvgIpc) is 2.89. The van der Waals surface area contributed by atoms with Crippen molar-refractivity contribution in [2.45, 2.75) is 13.0 Å². The van der Waals surface area contributed by atoms with E-state index in [4.69, 9.17) is 12.2 Å². The second-order valence-corrected chi connectivity index (χ2v) is 6.62. The lowest BCUT2D eigenvalue weighted by Gasteiger charge is -2.23. The lowest BCUT2D eigenvalue weighted by Crippen LogP contribution is -2.33. The van der Waals surface area contributed by atoms with Gasteiger partial charge in [-0.3, -0.25) is 9.69 Å². The molecule has 1 unspecified atom stereocenters. The van der Waals surface area contributed by atoms with Gasteiger partial charge in [0.1, 0.15) is 5.70 Å². The van der Waals surface area contributed by atoms with E-state index < -0.39 is 0 Å². The number of hydrogen-bond acceptors (Lipinski definition) is 3. The number of benzene rings is 2. The van der Waals surface area contributed by atoms with Crippen molar-refractivity contribution >= 4 is 35.0 Å². The smallest absolute Gasteiger partial charge is 0.277 e. The van der Waals surface area contributed by atoms with E-state index in [0.717, 1.165) is 16.8 Å². The molecule has 1 N–H and O–H groups in total. The SMILES string of the molecule is CC(c1ccccc1)N1C(=O)/C(=C/c2ccc(N(C)C)cc2)NC1=S. The number of nitrogens with zero attached hydrogens (tertiary/aromatic N) is 2. The van der Waals surface area contributed by atoms with E-state index in [9.17, 15) is 4.79 Å². The van der Waals surface area contributed by atoms with E-state index in [0.29, 0.717) is 10.8 Å². The summed E-state index contributed by atoms with van der Waals surface area (Å²) in [4.78, 5) is 16.5. The van der Waals surface area contributed by atoms with Crippen LogP contribution in [-0.2, 0) is 4.79 Å². The van der Waals surface area contributed by atoms with Crippen LogP contribution in [0.4, 0.5) is 5.69 Å². The molecular formula is C20H21N3OS. The zero-order valence-corrected chi connectivity index (χ0v) is 15.4. The molecule has 128 valence electrons. The Kier molecular flexibility index (Phi) is 4.86. The first-order chi connectivity index (χ1) is 12.0. The molecule has 5 heteroatoms. The summed E-state index contributed by atoms with van der Waals surface area (Å²) in [6.45, 7) is 1.98. The van der Waals surface area contributed by atoms with Gasteiger partial charge in [0.05, 0.1) is 6.04 Å². The summed E-state index contributed by atoms with van der Waals surface area (Å²) in [5.74, 6) is -0.0990. The number of hydrogen-bond donors (Lipinski definition) is 1. The molecule has 0 spiro atoms. The molecule has 0 radical (unpaired) electrons. The van der Waals surface area contributed by atoms with Gasteiger partial charge in [0.25, 0.3) is 5.91 Å². The third kappa shape index (κ3) is 3.56. The second-order valence-electron chi connectivity index (χ2n) is 6.24. The molecule has 0 aliphatic carbocycles. The van der Waals surface area contributed by atoms with Crippen molar-refractivity contribution in [1.29, 1.82) is 0 Å². The van der Waals surface area contributed by atoms with Gasteiger partial charge < -0.3 is 10.2 Å². The molecular weight excluding hydrogens is 330 g/mol. The van der Waals surface area contributed by atoms with Crippen LogP contribution < -0.4 is 10.2 Å². The Hall–Kier alpha value is -2.66. The summed E-state index contributed by atoms with van der Waals surface area (Å²) in [5.41, 5.74) is 3.63. The lowest BCUT2D eigenvalue weighted by molar-refractivity contribution is -0.123. The molecule has 1 aliphatic heterocycles. The Morgan fingerprint density at radius 3 is 2.32 bits per heavy atom. The van der Waals surface area contributed by atoms with Gasteiger partial charge in [-0.1, -0.05) is 42.5 Å². The Labute approximate surface area is 153 Å². The van der Waals surface area contributed by atoms with Crippen LogP contribution in [0.5, 0.6) is 0 Å². The monoisotopic (exact) mass is 351 g/mol. The van der Waals surface area contributed by atoms with Gasteiger partial charge in [0.15, 0.2) is 5.11 Å². The summed E-state index contributed by atoms with van der Waals surface area (Å²) >= 11 is 5.39. The van der Waals surface area contributed by atoms with Gasteiger partial charge in [0, 0.05) is 19.8 Å². The van der Waals surface area contributed by atoms with Crippen LogP contribution in [0.15, 0.2) is 60.3 Å². The molecule has 1 aliphatic rings. The highest BCUT2D eigenvalue weighted by Gasteiger charge is 2.34. The molecule has 1 heterocycles. The van der Waals surface area contributed by atoms with Crippen molar-refractivity contribution in [3.05, 3.63) is 71.4 Å². The Bertz CT molecular complexity index is 813. The van der Waals surface area contributed by atoms with E-state index >= 15 is 0 Å². The van der Waals surface area contributed by atoms with Crippen LogP contribution in [0, 0.1) is 0 Å². The van der Waals surface area contributed by atoms with E-state index in [1.54, 1.807) is 4.90 Å². The molecule has 3 rings (SSSR count). The zero-order valence-electron chi connectivity index (χ0n) is 14.6. The molecule has 1 saturated heterocycles. The van der Waals surface area contributed by atoms with Crippen molar-refractivity contribution in [2.24, 2.45) is 0 Å². The van der Waals surface area contributed by atoms with Crippen molar-refractivity contribution < 1.29 is 4.79 Å². The molecule has 2 aromatic carbocycles. The Morgan fingerprint density at radius 2 is 1.72 bits per heavy atom. The molecule has 4 nitrogen and oxygen atoms in total. The number of amides is 1. The van der Waals surface area contributed by atoms with E-state index in [2.05, 4.69) is 5.32 Å². The van der Waals surface area contributed by atoms with Crippen molar-refractivity contribution in [1.82, 2.24) is 10.2 Å². The fourth-order valence-electron chi connectivity index (χ4n) is 2.82. The first-order valence-electron chi connectivity index (χ1n) is 8.16. The highest BCUT2D eigenvalue weighted by atomic mass is 32.1. The molecule has 1 fully saturated rings. The summed E-state index contributed by atoms with van der Waals surface area (Å²) in [7, 11) is 3.99. The van der Waals surface area contributed by atoms with Crippen molar-refractivity contribution in [2.75, 3.05) is 19.0 Å². The van der Waals surface area contributed by atoms with E-state index in [-0.39, 0.29) is 11.9 Å². The molecule has 0 saturated carbocycles. The van der Waals surface area contributed by atoms with Gasteiger partial charge in [0.2, 0.25) is 0 Å².